The molecule has 0 unspecified atom stereocenters. The Bertz CT molecular complexity index is 553. The van der Waals surface area contributed by atoms with Gasteiger partial charge in [0.15, 0.2) is 6.61 Å². The standard InChI is InChI=1S/C14H20F2O6S/c15-14(16,23(18,19)20)8-21-12(17)7-22-13-4-9-1-10(5-13)3-11(2-9)6-13/h9-11H,1-8H2,(H,18,19,20). The first-order valence-electron chi connectivity index (χ1n) is 7.73. The third kappa shape index (κ3) is 3.51. The molecule has 0 atom stereocenters. The van der Waals surface area contributed by atoms with E-state index in [1.807, 2.05) is 0 Å². The molecule has 1 N–H and O–H groups in total. The van der Waals surface area contributed by atoms with E-state index >= 15 is 0 Å². The molecule has 132 valence electrons. The highest BCUT2D eigenvalue weighted by Crippen LogP contribution is 2.57. The van der Waals surface area contributed by atoms with E-state index in [9.17, 15) is 22.0 Å². The van der Waals surface area contributed by atoms with Gasteiger partial charge in [-0.1, -0.05) is 0 Å². The third-order valence-corrected chi connectivity index (χ3v) is 6.13. The minimum absolute atomic E-state index is 0.362. The molecule has 0 aliphatic heterocycles. The predicted octanol–water partition coefficient (Wildman–Crippen LogP) is 2.00. The predicted molar refractivity (Wildman–Crippen MR) is 74.3 cm³/mol. The van der Waals surface area contributed by atoms with Crippen molar-refractivity contribution in [1.29, 1.82) is 0 Å². The molecule has 0 saturated heterocycles. The first-order valence-corrected chi connectivity index (χ1v) is 9.17. The maximum absolute atomic E-state index is 13.0. The molecule has 4 bridgehead atoms. The topological polar surface area (TPSA) is 89.9 Å². The molecule has 0 aromatic carbocycles. The number of esters is 1. The van der Waals surface area contributed by atoms with Crippen molar-refractivity contribution in [3.8, 4) is 0 Å². The van der Waals surface area contributed by atoms with Crippen molar-refractivity contribution in [3.05, 3.63) is 0 Å². The lowest BCUT2D eigenvalue weighted by molar-refractivity contribution is -0.184. The molecule has 23 heavy (non-hydrogen) atoms. The van der Waals surface area contributed by atoms with Gasteiger partial charge in [-0.25, -0.2) is 4.79 Å². The number of alkyl halides is 2. The average molecular weight is 354 g/mol. The Hall–Kier alpha value is -0.800. The van der Waals surface area contributed by atoms with Crippen LogP contribution in [0.15, 0.2) is 0 Å². The van der Waals surface area contributed by atoms with E-state index in [2.05, 4.69) is 4.74 Å². The van der Waals surface area contributed by atoms with Gasteiger partial charge in [-0.3, -0.25) is 4.55 Å². The molecule has 0 heterocycles. The van der Waals surface area contributed by atoms with Crippen LogP contribution in [0.3, 0.4) is 0 Å². The van der Waals surface area contributed by atoms with Gasteiger partial charge in [0.1, 0.15) is 6.61 Å². The van der Waals surface area contributed by atoms with Gasteiger partial charge in [0.2, 0.25) is 0 Å². The fourth-order valence-electron chi connectivity index (χ4n) is 4.70. The molecule has 4 rings (SSSR count). The van der Waals surface area contributed by atoms with Crippen molar-refractivity contribution in [2.45, 2.75) is 49.4 Å². The number of carbonyl (C=O) groups is 1. The molecule has 0 aromatic heterocycles. The van der Waals surface area contributed by atoms with Crippen molar-refractivity contribution in [2.75, 3.05) is 13.2 Å². The second kappa shape index (κ2) is 5.63. The van der Waals surface area contributed by atoms with E-state index in [-0.39, 0.29) is 5.60 Å². The van der Waals surface area contributed by atoms with Crippen LogP contribution in [0.2, 0.25) is 0 Å². The largest absolute Gasteiger partial charge is 0.456 e. The quantitative estimate of drug-likeness (QED) is 0.580. The van der Waals surface area contributed by atoms with Gasteiger partial charge in [-0.15, -0.1) is 0 Å². The van der Waals surface area contributed by atoms with Gasteiger partial charge >= 0.3 is 21.3 Å². The molecule has 9 heteroatoms. The van der Waals surface area contributed by atoms with Crippen LogP contribution in [-0.2, 0) is 24.4 Å². The van der Waals surface area contributed by atoms with Crippen molar-refractivity contribution < 1.29 is 36.0 Å². The van der Waals surface area contributed by atoms with Crippen LogP contribution in [0.4, 0.5) is 8.78 Å². The van der Waals surface area contributed by atoms with Gasteiger partial charge in [0.25, 0.3) is 0 Å². The normalized spacial score (nSPS) is 36.2. The Labute approximate surface area is 133 Å². The van der Waals surface area contributed by atoms with E-state index < -0.39 is 34.6 Å². The second-order valence-electron chi connectivity index (χ2n) is 7.16. The summed E-state index contributed by atoms with van der Waals surface area (Å²) in [6.45, 7) is -2.19. The number of carbonyl (C=O) groups excluding carboxylic acids is 1. The molecule has 0 amide bonds. The number of halogens is 2. The van der Waals surface area contributed by atoms with Crippen molar-refractivity contribution in [3.63, 3.8) is 0 Å². The fourth-order valence-corrected chi connectivity index (χ4v) is 4.91. The Morgan fingerprint density at radius 2 is 1.61 bits per heavy atom. The first-order chi connectivity index (χ1) is 10.6. The summed E-state index contributed by atoms with van der Waals surface area (Å²) in [5.74, 6) is 0.785. The van der Waals surface area contributed by atoms with Gasteiger partial charge in [0, 0.05) is 0 Å². The number of rotatable bonds is 6. The van der Waals surface area contributed by atoms with Crippen LogP contribution >= 0.6 is 0 Å². The van der Waals surface area contributed by atoms with E-state index in [1.165, 1.54) is 19.3 Å². The van der Waals surface area contributed by atoms with Crippen LogP contribution in [0.1, 0.15) is 38.5 Å². The number of ether oxygens (including phenoxy) is 2. The maximum atomic E-state index is 13.0. The highest BCUT2D eigenvalue weighted by Gasteiger charge is 2.52. The fraction of sp³-hybridized carbons (Fsp3) is 0.929. The summed E-state index contributed by atoms with van der Waals surface area (Å²) in [4.78, 5) is 11.6. The Morgan fingerprint density at radius 3 is 2.04 bits per heavy atom. The molecule has 4 fully saturated rings. The summed E-state index contributed by atoms with van der Waals surface area (Å²) < 4.78 is 65.2. The Kier molecular flexibility index (Phi) is 4.17. The minimum Gasteiger partial charge on any atom is -0.456 e. The smallest absolute Gasteiger partial charge is 0.402 e. The van der Waals surface area contributed by atoms with Crippen molar-refractivity contribution in [1.82, 2.24) is 0 Å². The van der Waals surface area contributed by atoms with Gasteiger partial charge in [-0.05, 0) is 56.3 Å². The number of hydrogen-bond donors (Lipinski definition) is 1. The molecule has 0 radical (unpaired) electrons. The monoisotopic (exact) mass is 354 g/mol. The minimum atomic E-state index is -5.60. The maximum Gasteiger partial charge on any atom is 0.402 e. The molecule has 6 nitrogen and oxygen atoms in total. The lowest BCUT2D eigenvalue weighted by Crippen LogP contribution is -2.52. The molecular formula is C14H20F2O6S. The van der Waals surface area contributed by atoms with Crippen LogP contribution in [0.25, 0.3) is 0 Å². The summed E-state index contributed by atoms with van der Waals surface area (Å²) >= 11 is 0. The lowest BCUT2D eigenvalue weighted by atomic mass is 9.54. The van der Waals surface area contributed by atoms with E-state index in [1.54, 1.807) is 0 Å². The Balaban J connectivity index is 1.50. The van der Waals surface area contributed by atoms with Crippen molar-refractivity contribution >= 4 is 16.1 Å². The Morgan fingerprint density at radius 1 is 1.13 bits per heavy atom. The zero-order chi connectivity index (χ0) is 16.9. The average Bonchev–Trinajstić information content (AvgIpc) is 2.40. The second-order valence-corrected chi connectivity index (χ2v) is 8.71. The summed E-state index contributed by atoms with van der Waals surface area (Å²) in [7, 11) is -5.60. The third-order valence-electron chi connectivity index (χ3n) is 5.26. The van der Waals surface area contributed by atoms with Crippen molar-refractivity contribution in [2.24, 2.45) is 17.8 Å². The zero-order valence-corrected chi connectivity index (χ0v) is 13.4. The molecule has 0 spiro atoms. The molecule has 4 aliphatic carbocycles. The zero-order valence-electron chi connectivity index (χ0n) is 12.5. The van der Waals surface area contributed by atoms with E-state index in [0.29, 0.717) is 17.8 Å². The first kappa shape index (κ1) is 17.0. The van der Waals surface area contributed by atoms with Gasteiger partial charge in [-0.2, -0.15) is 17.2 Å². The number of hydrogen-bond acceptors (Lipinski definition) is 5. The highest BCUT2D eigenvalue weighted by molar-refractivity contribution is 7.86. The molecule has 0 aromatic rings. The summed E-state index contributed by atoms with van der Waals surface area (Å²) in [6.07, 6.45) is 6.25. The summed E-state index contributed by atoms with van der Waals surface area (Å²) in [5, 5.41) is -4.51. The van der Waals surface area contributed by atoms with Crippen LogP contribution in [-0.4, -0.2) is 43.0 Å². The van der Waals surface area contributed by atoms with Gasteiger partial charge in [0.05, 0.1) is 5.60 Å². The van der Waals surface area contributed by atoms with Crippen LogP contribution < -0.4 is 0 Å². The molecular weight excluding hydrogens is 334 g/mol. The van der Waals surface area contributed by atoms with Crippen LogP contribution in [0, 0.1) is 17.8 Å². The molecule has 4 aliphatic rings. The summed E-state index contributed by atoms with van der Waals surface area (Å²) in [5.41, 5.74) is -0.362. The SMILES string of the molecule is O=C(COC12CC3CC(CC(C3)C1)C2)OCC(F)(F)S(=O)(=O)O. The van der Waals surface area contributed by atoms with Gasteiger partial charge < -0.3 is 9.47 Å². The highest BCUT2D eigenvalue weighted by atomic mass is 32.2. The van der Waals surface area contributed by atoms with Crippen LogP contribution in [0.5, 0.6) is 0 Å². The summed E-state index contributed by atoms with van der Waals surface area (Å²) in [6, 6.07) is 0. The lowest BCUT2D eigenvalue weighted by Gasteiger charge is -2.56. The van der Waals surface area contributed by atoms with E-state index in [0.717, 1.165) is 19.3 Å². The van der Waals surface area contributed by atoms with E-state index in [4.69, 9.17) is 9.29 Å². The molecule has 4 saturated carbocycles.